The lowest BCUT2D eigenvalue weighted by atomic mass is 9.94. The Balaban J connectivity index is 2.43. The Kier molecular flexibility index (Phi) is 5.92. The number of amides is 1. The molecule has 1 saturated heterocycles. The van der Waals surface area contributed by atoms with E-state index in [2.05, 4.69) is 0 Å². The third kappa shape index (κ3) is 6.13. The number of likely N-dealkylation sites (tertiary alicyclic amines) is 1. The Morgan fingerprint density at radius 2 is 1.86 bits per heavy atom. The molecule has 0 aliphatic carbocycles. The molecule has 21 heavy (non-hydrogen) atoms. The van der Waals surface area contributed by atoms with Gasteiger partial charge in [-0.05, 0) is 40.5 Å². The van der Waals surface area contributed by atoms with Gasteiger partial charge in [0.05, 0.1) is 10.9 Å². The molecule has 0 spiro atoms. The van der Waals surface area contributed by atoms with E-state index in [-0.39, 0.29) is 6.09 Å². The number of thioether (sulfide) groups is 1. The van der Waals surface area contributed by atoms with Crippen molar-refractivity contribution in [2.24, 2.45) is 0 Å². The summed E-state index contributed by atoms with van der Waals surface area (Å²) in [6.07, 6.45) is 0.507. The lowest BCUT2D eigenvalue weighted by Gasteiger charge is -2.38. The van der Waals surface area contributed by atoms with E-state index in [1.807, 2.05) is 20.8 Å². The van der Waals surface area contributed by atoms with Gasteiger partial charge in [-0.1, -0.05) is 0 Å². The van der Waals surface area contributed by atoms with Crippen molar-refractivity contribution in [3.05, 3.63) is 0 Å². The van der Waals surface area contributed by atoms with Crippen LogP contribution in [0, 0.1) is 0 Å². The molecule has 0 bridgehead atoms. The molecule has 6 nitrogen and oxygen atoms in total. The molecule has 1 heterocycles. The smallest absolute Gasteiger partial charge is 0.410 e. The molecule has 0 aromatic carbocycles. The fourth-order valence-corrected chi connectivity index (χ4v) is 2.92. The first kappa shape index (κ1) is 18.1. The second kappa shape index (κ2) is 6.87. The molecule has 0 aromatic rings. The first-order valence-corrected chi connectivity index (χ1v) is 8.12. The zero-order valence-electron chi connectivity index (χ0n) is 13.1. The fourth-order valence-electron chi connectivity index (χ4n) is 1.93. The van der Waals surface area contributed by atoms with E-state index in [1.165, 1.54) is 11.8 Å². The molecule has 0 saturated carbocycles. The van der Waals surface area contributed by atoms with Gasteiger partial charge in [0.1, 0.15) is 5.60 Å². The van der Waals surface area contributed by atoms with E-state index in [0.717, 1.165) is 0 Å². The van der Waals surface area contributed by atoms with Crippen molar-refractivity contribution in [3.8, 4) is 0 Å². The zero-order valence-corrected chi connectivity index (χ0v) is 13.9. The van der Waals surface area contributed by atoms with Crippen LogP contribution in [0.15, 0.2) is 0 Å². The Morgan fingerprint density at radius 1 is 1.33 bits per heavy atom. The summed E-state index contributed by atoms with van der Waals surface area (Å²) in [5, 5.41) is 18.7. The normalized spacial score (nSPS) is 20.0. The number of carbonyl (C=O) groups is 2. The van der Waals surface area contributed by atoms with Crippen LogP contribution in [0.2, 0.25) is 0 Å². The average molecular weight is 319 g/mol. The van der Waals surface area contributed by atoms with Gasteiger partial charge in [-0.15, -0.1) is 11.8 Å². The molecule has 1 aliphatic rings. The summed E-state index contributed by atoms with van der Waals surface area (Å²) in [7, 11) is 0. The van der Waals surface area contributed by atoms with Gasteiger partial charge in [-0.2, -0.15) is 0 Å². The van der Waals surface area contributed by atoms with E-state index < -0.39 is 22.4 Å². The number of hydrogen-bond donors (Lipinski definition) is 2. The molecule has 1 rings (SSSR count). The van der Waals surface area contributed by atoms with Crippen molar-refractivity contribution >= 4 is 23.8 Å². The molecule has 7 heteroatoms. The first-order chi connectivity index (χ1) is 9.52. The van der Waals surface area contributed by atoms with Gasteiger partial charge in [0.25, 0.3) is 0 Å². The number of carbonyl (C=O) groups excluding carboxylic acids is 1. The van der Waals surface area contributed by atoms with Crippen molar-refractivity contribution in [3.63, 3.8) is 0 Å². The van der Waals surface area contributed by atoms with Crippen LogP contribution in [-0.4, -0.2) is 62.5 Å². The third-order valence-corrected chi connectivity index (χ3v) is 4.70. The van der Waals surface area contributed by atoms with Crippen LogP contribution < -0.4 is 0 Å². The molecule has 2 N–H and O–H groups in total. The fraction of sp³-hybridized carbons (Fsp3) is 0.857. The summed E-state index contributed by atoms with van der Waals surface area (Å²) >= 11 is 1.23. The second-order valence-electron chi connectivity index (χ2n) is 6.48. The van der Waals surface area contributed by atoms with Crippen molar-refractivity contribution in [2.75, 3.05) is 18.8 Å². The van der Waals surface area contributed by atoms with Gasteiger partial charge >= 0.3 is 12.1 Å². The van der Waals surface area contributed by atoms with E-state index in [0.29, 0.717) is 31.7 Å². The minimum atomic E-state index is -0.910. The predicted molar refractivity (Wildman–Crippen MR) is 81.5 cm³/mol. The van der Waals surface area contributed by atoms with E-state index >= 15 is 0 Å². The van der Waals surface area contributed by atoms with Crippen LogP contribution in [0.3, 0.4) is 0 Å². The van der Waals surface area contributed by atoms with Crippen LogP contribution >= 0.6 is 11.8 Å². The standard InChI is InChI=1S/C14H25NO5S/c1-10(11(16)17)21-9-14(19)5-7-15(8-6-14)12(18)20-13(2,3)4/h10,19H,5-9H2,1-4H3,(H,16,17). The van der Waals surface area contributed by atoms with E-state index in [1.54, 1.807) is 11.8 Å². The Bertz CT molecular complexity index is 385. The molecule has 1 aliphatic heterocycles. The van der Waals surface area contributed by atoms with Crippen LogP contribution in [0.25, 0.3) is 0 Å². The summed E-state index contributed by atoms with van der Waals surface area (Å²) in [6, 6.07) is 0. The number of carboxylic acids is 1. The zero-order chi connectivity index (χ0) is 16.3. The van der Waals surface area contributed by atoms with Gasteiger partial charge in [-0.25, -0.2) is 4.79 Å². The molecule has 122 valence electrons. The van der Waals surface area contributed by atoms with Gasteiger partial charge in [0.2, 0.25) is 0 Å². The molecule has 0 aromatic heterocycles. The van der Waals surface area contributed by atoms with Gasteiger partial charge in [0, 0.05) is 18.8 Å². The van der Waals surface area contributed by atoms with Crippen molar-refractivity contribution < 1.29 is 24.5 Å². The highest BCUT2D eigenvalue weighted by Crippen LogP contribution is 2.28. The van der Waals surface area contributed by atoms with Crippen LogP contribution in [0.1, 0.15) is 40.5 Å². The van der Waals surface area contributed by atoms with Crippen LogP contribution in [0.4, 0.5) is 4.79 Å². The molecular weight excluding hydrogens is 294 g/mol. The average Bonchev–Trinajstić information content (AvgIpc) is 2.34. The summed E-state index contributed by atoms with van der Waals surface area (Å²) in [5.41, 5.74) is -1.44. The first-order valence-electron chi connectivity index (χ1n) is 7.07. The van der Waals surface area contributed by atoms with Crippen molar-refractivity contribution in [2.45, 2.75) is 57.0 Å². The highest BCUT2D eigenvalue weighted by atomic mass is 32.2. The van der Waals surface area contributed by atoms with E-state index in [4.69, 9.17) is 9.84 Å². The van der Waals surface area contributed by atoms with Crippen molar-refractivity contribution in [1.82, 2.24) is 4.90 Å². The highest BCUT2D eigenvalue weighted by molar-refractivity contribution is 8.00. The molecule has 1 fully saturated rings. The number of aliphatic hydroxyl groups is 1. The monoisotopic (exact) mass is 319 g/mol. The summed E-state index contributed by atoms with van der Waals surface area (Å²) in [4.78, 5) is 24.3. The number of rotatable bonds is 4. The quantitative estimate of drug-likeness (QED) is 0.823. The second-order valence-corrected chi connectivity index (χ2v) is 7.81. The lowest BCUT2D eigenvalue weighted by molar-refractivity contribution is -0.136. The number of hydrogen-bond acceptors (Lipinski definition) is 5. The molecular formula is C14H25NO5S. The maximum Gasteiger partial charge on any atom is 0.410 e. The maximum absolute atomic E-state index is 11.9. The topological polar surface area (TPSA) is 87.1 Å². The third-order valence-electron chi connectivity index (χ3n) is 3.30. The summed E-state index contributed by atoms with van der Waals surface area (Å²) < 4.78 is 5.30. The van der Waals surface area contributed by atoms with Crippen LogP contribution in [-0.2, 0) is 9.53 Å². The summed E-state index contributed by atoms with van der Waals surface area (Å²) in [5.74, 6) is -0.516. The Morgan fingerprint density at radius 3 is 2.29 bits per heavy atom. The minimum Gasteiger partial charge on any atom is -0.480 e. The predicted octanol–water partition coefficient (Wildman–Crippen LogP) is 1.95. The highest BCUT2D eigenvalue weighted by Gasteiger charge is 2.36. The largest absolute Gasteiger partial charge is 0.480 e. The van der Waals surface area contributed by atoms with Crippen LogP contribution in [0.5, 0.6) is 0 Å². The van der Waals surface area contributed by atoms with Gasteiger partial charge in [0.15, 0.2) is 0 Å². The maximum atomic E-state index is 11.9. The number of aliphatic carboxylic acids is 1. The Hall–Kier alpha value is -0.950. The molecule has 1 amide bonds. The van der Waals surface area contributed by atoms with Crippen molar-refractivity contribution in [1.29, 1.82) is 0 Å². The minimum absolute atomic E-state index is 0.364. The number of carboxylic acid groups (broad SMARTS) is 1. The number of nitrogens with zero attached hydrogens (tertiary/aromatic N) is 1. The summed E-state index contributed by atoms with van der Waals surface area (Å²) in [6.45, 7) is 7.90. The molecule has 1 unspecified atom stereocenters. The van der Waals surface area contributed by atoms with Gasteiger partial charge < -0.3 is 19.8 Å². The number of ether oxygens (including phenoxy) is 1. The lowest BCUT2D eigenvalue weighted by Crippen LogP contribution is -2.49. The SMILES string of the molecule is CC(SCC1(O)CCN(C(=O)OC(C)(C)C)CC1)C(=O)O. The molecule has 0 radical (unpaired) electrons. The number of piperidine rings is 1. The van der Waals surface area contributed by atoms with Gasteiger partial charge in [-0.3, -0.25) is 4.79 Å². The molecule has 1 atom stereocenters. The van der Waals surface area contributed by atoms with E-state index in [9.17, 15) is 14.7 Å². The Labute approximate surface area is 129 Å².